The maximum Gasteiger partial charge on any atom is 0.191 e. The third-order valence-corrected chi connectivity index (χ3v) is 5.15. The quantitative estimate of drug-likeness (QED) is 0.565. The van der Waals surface area contributed by atoms with Gasteiger partial charge in [0, 0.05) is 19.1 Å². The average molecular weight is 340 g/mol. The molecule has 0 aliphatic heterocycles. The van der Waals surface area contributed by atoms with Crippen molar-refractivity contribution in [1.29, 1.82) is 0 Å². The second-order valence-electron chi connectivity index (χ2n) is 5.96. The zero-order valence-electron chi connectivity index (χ0n) is 14.4. The molecule has 0 atom stereocenters. The number of nitrogens with two attached hydrogens (primary N) is 1. The number of sulfone groups is 1. The van der Waals surface area contributed by atoms with Crippen LogP contribution in [0.15, 0.2) is 40.2 Å². The average Bonchev–Trinajstić information content (AvgIpc) is 2.47. The van der Waals surface area contributed by atoms with Gasteiger partial charge in [0.15, 0.2) is 15.8 Å². The summed E-state index contributed by atoms with van der Waals surface area (Å²) in [5.41, 5.74) is 6.04. The van der Waals surface area contributed by atoms with Gasteiger partial charge in [-0.15, -0.1) is 0 Å². The van der Waals surface area contributed by atoms with Crippen LogP contribution in [-0.2, 0) is 9.84 Å². The summed E-state index contributed by atoms with van der Waals surface area (Å²) < 4.78 is 24.7. The molecule has 0 fully saturated rings. The van der Waals surface area contributed by atoms with E-state index in [0.29, 0.717) is 23.9 Å². The summed E-state index contributed by atoms with van der Waals surface area (Å²) in [6.45, 7) is 5.67. The molecule has 7 heteroatoms. The van der Waals surface area contributed by atoms with Crippen LogP contribution >= 0.6 is 0 Å². The number of rotatable bonds is 8. The van der Waals surface area contributed by atoms with E-state index in [4.69, 9.17) is 5.73 Å². The van der Waals surface area contributed by atoms with Gasteiger partial charge < -0.3 is 15.5 Å². The molecule has 2 N–H and O–H groups in total. The van der Waals surface area contributed by atoms with E-state index in [-0.39, 0.29) is 11.8 Å². The Morgan fingerprint density at radius 1 is 1.17 bits per heavy atom. The first-order chi connectivity index (χ1) is 10.7. The van der Waals surface area contributed by atoms with Gasteiger partial charge >= 0.3 is 0 Å². The molecule has 0 saturated carbocycles. The van der Waals surface area contributed by atoms with Crippen LogP contribution in [0.5, 0.6) is 0 Å². The van der Waals surface area contributed by atoms with E-state index >= 15 is 0 Å². The Morgan fingerprint density at radius 3 is 2.30 bits per heavy atom. The number of guanidine groups is 1. The molecular formula is C16H28N4O2S. The maximum atomic E-state index is 12.4. The molecular weight excluding hydrogens is 312 g/mol. The van der Waals surface area contributed by atoms with Crippen molar-refractivity contribution >= 4 is 15.8 Å². The lowest BCUT2D eigenvalue weighted by atomic mass is 10.3. The monoisotopic (exact) mass is 340 g/mol. The molecule has 23 heavy (non-hydrogen) atoms. The third kappa shape index (κ3) is 6.58. The minimum absolute atomic E-state index is 0.0130. The third-order valence-electron chi connectivity index (χ3n) is 3.44. The minimum Gasteiger partial charge on any atom is -0.370 e. The van der Waals surface area contributed by atoms with Gasteiger partial charge in [-0.2, -0.15) is 0 Å². The molecule has 0 aliphatic rings. The van der Waals surface area contributed by atoms with E-state index in [1.54, 1.807) is 30.3 Å². The standard InChI is InChI=1S/C16H28N4O2S/c1-14(2)20(16(17)18-10-11-19(3)4)12-13-23(21,22)15-8-6-5-7-9-15/h5-9,14H,10-13H2,1-4H3,(H2,17,18). The Hall–Kier alpha value is -1.60. The predicted molar refractivity (Wildman–Crippen MR) is 95.4 cm³/mol. The van der Waals surface area contributed by atoms with Gasteiger partial charge in [0.25, 0.3) is 0 Å². The summed E-state index contributed by atoms with van der Waals surface area (Å²) in [5.74, 6) is 0.407. The summed E-state index contributed by atoms with van der Waals surface area (Å²) in [5, 5.41) is 0. The lowest BCUT2D eigenvalue weighted by Gasteiger charge is -2.27. The fraction of sp³-hybridized carbons (Fsp3) is 0.562. The van der Waals surface area contributed by atoms with Gasteiger partial charge in [-0.3, -0.25) is 4.99 Å². The van der Waals surface area contributed by atoms with E-state index in [9.17, 15) is 8.42 Å². The van der Waals surface area contributed by atoms with Crippen molar-refractivity contribution in [2.75, 3.05) is 39.5 Å². The summed E-state index contributed by atoms with van der Waals surface area (Å²) in [6.07, 6.45) is 0. The summed E-state index contributed by atoms with van der Waals surface area (Å²) in [4.78, 5) is 8.54. The minimum atomic E-state index is -3.32. The van der Waals surface area contributed by atoms with Gasteiger partial charge in [-0.05, 0) is 40.1 Å². The SMILES string of the molecule is CC(C)N(CCS(=O)(=O)c1ccccc1)C(N)=NCCN(C)C. The zero-order chi connectivity index (χ0) is 17.5. The number of benzene rings is 1. The first-order valence-corrected chi connectivity index (χ1v) is 9.38. The van der Waals surface area contributed by atoms with Crippen LogP contribution in [0, 0.1) is 0 Å². The highest BCUT2D eigenvalue weighted by Gasteiger charge is 2.19. The van der Waals surface area contributed by atoms with Crippen molar-refractivity contribution in [3.05, 3.63) is 30.3 Å². The van der Waals surface area contributed by atoms with Gasteiger partial charge in [0.1, 0.15) is 0 Å². The number of hydrogen-bond donors (Lipinski definition) is 1. The smallest absolute Gasteiger partial charge is 0.191 e. The first kappa shape index (κ1) is 19.4. The molecule has 130 valence electrons. The van der Waals surface area contributed by atoms with Crippen molar-refractivity contribution in [1.82, 2.24) is 9.80 Å². The fourth-order valence-corrected chi connectivity index (χ4v) is 3.30. The molecule has 0 aliphatic carbocycles. The topological polar surface area (TPSA) is 79.0 Å². The Balaban J connectivity index is 2.73. The number of nitrogens with zero attached hydrogens (tertiary/aromatic N) is 3. The fourth-order valence-electron chi connectivity index (χ4n) is 2.06. The van der Waals surface area contributed by atoms with Crippen LogP contribution in [0.2, 0.25) is 0 Å². The Labute approximate surface area is 139 Å². The summed E-state index contributed by atoms with van der Waals surface area (Å²) in [6, 6.07) is 8.57. The molecule has 1 aromatic carbocycles. The van der Waals surface area contributed by atoms with Crippen molar-refractivity contribution in [3.63, 3.8) is 0 Å². The van der Waals surface area contributed by atoms with Gasteiger partial charge in [0.05, 0.1) is 17.2 Å². The highest BCUT2D eigenvalue weighted by Crippen LogP contribution is 2.11. The molecule has 1 aromatic rings. The first-order valence-electron chi connectivity index (χ1n) is 7.73. The summed E-state index contributed by atoms with van der Waals surface area (Å²) >= 11 is 0. The second-order valence-corrected chi connectivity index (χ2v) is 8.07. The largest absolute Gasteiger partial charge is 0.370 e. The van der Waals surface area contributed by atoms with Crippen molar-refractivity contribution in [2.24, 2.45) is 10.7 Å². The number of likely N-dealkylation sites (N-methyl/N-ethyl adjacent to an activating group) is 1. The van der Waals surface area contributed by atoms with Crippen LogP contribution < -0.4 is 5.73 Å². The maximum absolute atomic E-state index is 12.4. The van der Waals surface area contributed by atoms with E-state index < -0.39 is 9.84 Å². The number of hydrogen-bond acceptors (Lipinski definition) is 4. The van der Waals surface area contributed by atoms with Crippen molar-refractivity contribution in [2.45, 2.75) is 24.8 Å². The lowest BCUT2D eigenvalue weighted by molar-refractivity contribution is 0.359. The van der Waals surface area contributed by atoms with Crippen molar-refractivity contribution in [3.8, 4) is 0 Å². The van der Waals surface area contributed by atoms with Gasteiger partial charge in [-0.1, -0.05) is 18.2 Å². The highest BCUT2D eigenvalue weighted by atomic mass is 32.2. The van der Waals surface area contributed by atoms with E-state index in [1.807, 2.05) is 37.7 Å². The molecule has 0 unspecified atom stereocenters. The Kier molecular flexibility index (Phi) is 7.51. The van der Waals surface area contributed by atoms with Crippen LogP contribution in [0.25, 0.3) is 0 Å². The Bertz CT molecular complexity index is 598. The lowest BCUT2D eigenvalue weighted by Crippen LogP contribution is -2.44. The van der Waals surface area contributed by atoms with Crippen LogP contribution in [0.3, 0.4) is 0 Å². The van der Waals surface area contributed by atoms with Crippen LogP contribution in [0.1, 0.15) is 13.8 Å². The highest BCUT2D eigenvalue weighted by molar-refractivity contribution is 7.91. The van der Waals surface area contributed by atoms with Gasteiger partial charge in [-0.25, -0.2) is 8.42 Å². The molecule has 0 saturated heterocycles. The molecule has 6 nitrogen and oxygen atoms in total. The van der Waals surface area contributed by atoms with E-state index in [2.05, 4.69) is 4.99 Å². The second kappa shape index (κ2) is 8.88. The Morgan fingerprint density at radius 2 is 1.78 bits per heavy atom. The molecule has 1 rings (SSSR count). The van der Waals surface area contributed by atoms with E-state index in [0.717, 1.165) is 6.54 Å². The molecule has 0 spiro atoms. The molecule has 0 radical (unpaired) electrons. The molecule has 0 aromatic heterocycles. The molecule has 0 heterocycles. The van der Waals surface area contributed by atoms with Crippen LogP contribution in [0.4, 0.5) is 0 Å². The number of aliphatic imine (C=N–C) groups is 1. The van der Waals surface area contributed by atoms with Crippen LogP contribution in [-0.4, -0.2) is 69.7 Å². The van der Waals surface area contributed by atoms with Crippen molar-refractivity contribution < 1.29 is 8.42 Å². The van der Waals surface area contributed by atoms with Gasteiger partial charge in [0.2, 0.25) is 0 Å². The van der Waals surface area contributed by atoms with E-state index in [1.165, 1.54) is 0 Å². The predicted octanol–water partition coefficient (Wildman–Crippen LogP) is 1.05. The normalized spacial score (nSPS) is 12.9. The molecule has 0 bridgehead atoms. The summed E-state index contributed by atoms with van der Waals surface area (Å²) in [7, 11) is 0.624. The zero-order valence-corrected chi connectivity index (χ0v) is 15.3. The molecule has 0 amide bonds.